The molecule has 23 heavy (non-hydrogen) atoms. The number of aryl methyl sites for hydroxylation is 1. The van der Waals surface area contributed by atoms with Crippen molar-refractivity contribution in [2.24, 2.45) is 0 Å². The first-order valence-electron chi connectivity index (χ1n) is 5.61. The van der Waals surface area contributed by atoms with Crippen LogP contribution in [0.2, 0.25) is 5.02 Å². The Balaban J connectivity index is 3.80. The number of rotatable bonds is 2. The summed E-state index contributed by atoms with van der Waals surface area (Å²) >= 11 is 21.8. The molecule has 1 radical (unpaired) electrons. The highest BCUT2D eigenvalue weighted by molar-refractivity contribution is 6.67. The molecule has 0 N–H and O–H groups in total. The second-order valence-electron chi connectivity index (χ2n) is 4.60. The van der Waals surface area contributed by atoms with Gasteiger partial charge >= 0.3 is 18.0 Å². The molecule has 0 saturated heterocycles. The normalized spacial score (nSPS) is 14.3. The number of alkyl halides is 10. The zero-order valence-corrected chi connectivity index (χ0v) is 14.0. The van der Waals surface area contributed by atoms with Crippen molar-refractivity contribution >= 4 is 46.4 Å². The van der Waals surface area contributed by atoms with Crippen LogP contribution in [0.15, 0.2) is 6.07 Å². The SMILES string of the molecule is Cc1[c]c(Cl)c(CC(Cl)(Cl)Cl)c(C(F)(C(F)(F)F)C(F)(F)F)c1. The van der Waals surface area contributed by atoms with Gasteiger partial charge in [0.15, 0.2) is 3.79 Å². The predicted octanol–water partition coefficient (Wildman–Crippen LogP) is 6.65. The lowest BCUT2D eigenvalue weighted by molar-refractivity contribution is -0.348. The van der Waals surface area contributed by atoms with Gasteiger partial charge in [-0.2, -0.15) is 26.3 Å². The van der Waals surface area contributed by atoms with Crippen LogP contribution in [-0.4, -0.2) is 16.1 Å². The number of halogens is 11. The maximum Gasteiger partial charge on any atom is 0.435 e. The zero-order valence-electron chi connectivity index (χ0n) is 10.9. The summed E-state index contributed by atoms with van der Waals surface area (Å²) in [6, 6.07) is 2.60. The molecule has 0 unspecified atom stereocenters. The molecule has 0 nitrogen and oxygen atoms in total. The van der Waals surface area contributed by atoms with Crippen molar-refractivity contribution < 1.29 is 30.7 Å². The summed E-state index contributed by atoms with van der Waals surface area (Å²) in [5.41, 5.74) is -8.62. The van der Waals surface area contributed by atoms with Crippen LogP contribution in [0.25, 0.3) is 0 Å². The third-order valence-electron chi connectivity index (χ3n) is 2.79. The monoisotopic (exact) mass is 423 g/mol. The van der Waals surface area contributed by atoms with Gasteiger partial charge in [-0.05, 0) is 18.1 Å². The molecule has 1 rings (SSSR count). The Hall–Kier alpha value is -0.110. The highest BCUT2D eigenvalue weighted by Crippen LogP contribution is 2.55. The second kappa shape index (κ2) is 6.32. The Bertz CT molecular complexity index is 573. The van der Waals surface area contributed by atoms with E-state index in [1.165, 1.54) is 0 Å². The van der Waals surface area contributed by atoms with Crippen LogP contribution in [-0.2, 0) is 12.1 Å². The largest absolute Gasteiger partial charge is 0.435 e. The first-order chi connectivity index (χ1) is 10.0. The fourth-order valence-corrected chi connectivity index (χ4v) is 2.57. The van der Waals surface area contributed by atoms with E-state index in [0.717, 1.165) is 6.92 Å². The van der Waals surface area contributed by atoms with Crippen LogP contribution in [0.4, 0.5) is 30.7 Å². The highest BCUT2D eigenvalue weighted by Gasteiger charge is 2.74. The molecule has 0 aliphatic heterocycles. The van der Waals surface area contributed by atoms with Gasteiger partial charge in [-0.25, -0.2) is 4.39 Å². The third-order valence-corrected chi connectivity index (χ3v) is 3.51. The van der Waals surface area contributed by atoms with Gasteiger partial charge in [-0.1, -0.05) is 52.5 Å². The van der Waals surface area contributed by atoms with Gasteiger partial charge in [-0.3, -0.25) is 0 Å². The standard InChI is InChI=1S/C12H6Cl4F7/c1-5-2-7(6(8(13)3-5)4-9(14,15)16)10(17,11(18,19)20)12(21,22)23/h2H,4H2,1H3. The van der Waals surface area contributed by atoms with E-state index in [0.29, 0.717) is 6.07 Å². The van der Waals surface area contributed by atoms with E-state index < -0.39 is 44.4 Å². The first kappa shape index (κ1) is 20.9. The van der Waals surface area contributed by atoms with Crippen molar-refractivity contribution in [1.82, 2.24) is 0 Å². The molecule has 0 atom stereocenters. The molecule has 0 amide bonds. The Labute approximate surface area is 146 Å². The fourth-order valence-electron chi connectivity index (χ4n) is 1.85. The summed E-state index contributed by atoms with van der Waals surface area (Å²) in [7, 11) is 0. The van der Waals surface area contributed by atoms with E-state index in [4.69, 9.17) is 46.4 Å². The summed E-state index contributed by atoms with van der Waals surface area (Å²) in [6.07, 6.45) is -13.6. The molecule has 0 aliphatic carbocycles. The van der Waals surface area contributed by atoms with Gasteiger partial charge in [0.1, 0.15) is 0 Å². The molecule has 0 spiro atoms. The molecule has 1 aromatic rings. The Kier molecular flexibility index (Phi) is 5.75. The summed E-state index contributed by atoms with van der Waals surface area (Å²) < 4.78 is 89.5. The quantitative estimate of drug-likeness (QED) is 0.368. The Morgan fingerprint density at radius 2 is 1.39 bits per heavy atom. The van der Waals surface area contributed by atoms with E-state index in [1.54, 1.807) is 0 Å². The molecule has 0 aromatic heterocycles. The Morgan fingerprint density at radius 1 is 0.957 bits per heavy atom. The van der Waals surface area contributed by atoms with Crippen molar-refractivity contribution in [2.75, 3.05) is 0 Å². The predicted molar refractivity (Wildman–Crippen MR) is 73.9 cm³/mol. The average molecular weight is 425 g/mol. The number of hydrogen-bond donors (Lipinski definition) is 0. The van der Waals surface area contributed by atoms with Crippen molar-refractivity contribution in [2.45, 2.75) is 35.2 Å². The second-order valence-corrected chi connectivity index (χ2v) is 7.50. The number of benzene rings is 1. The maximum atomic E-state index is 14.3. The minimum Gasteiger partial charge on any atom is -0.218 e. The third kappa shape index (κ3) is 4.30. The zero-order chi connectivity index (χ0) is 18.4. The number of hydrogen-bond acceptors (Lipinski definition) is 0. The summed E-state index contributed by atoms with van der Waals surface area (Å²) in [6.45, 7) is 1.10. The fraction of sp³-hybridized carbons (Fsp3) is 0.500. The van der Waals surface area contributed by atoms with Crippen molar-refractivity contribution in [3.63, 3.8) is 0 Å². The molecule has 0 bridgehead atoms. The van der Waals surface area contributed by atoms with Gasteiger partial charge in [0.05, 0.1) is 5.02 Å². The first-order valence-corrected chi connectivity index (χ1v) is 7.13. The molecule has 11 heteroatoms. The summed E-state index contributed by atoms with van der Waals surface area (Å²) in [4.78, 5) is 0. The van der Waals surface area contributed by atoms with Gasteiger partial charge in [0, 0.05) is 18.1 Å². The molecular formula is C12H6Cl4F7. The molecule has 0 fully saturated rings. The highest BCUT2D eigenvalue weighted by atomic mass is 35.6. The van der Waals surface area contributed by atoms with E-state index in [9.17, 15) is 30.7 Å². The topological polar surface area (TPSA) is 0 Å². The Morgan fingerprint density at radius 3 is 1.74 bits per heavy atom. The molecule has 0 aliphatic rings. The van der Waals surface area contributed by atoms with Gasteiger partial charge in [0.2, 0.25) is 0 Å². The lowest BCUT2D eigenvalue weighted by Gasteiger charge is -2.33. The van der Waals surface area contributed by atoms with Crippen molar-refractivity contribution in [1.29, 1.82) is 0 Å². The molecule has 1 aromatic carbocycles. The lowest BCUT2D eigenvalue weighted by atomic mass is 9.87. The van der Waals surface area contributed by atoms with Gasteiger partial charge < -0.3 is 0 Å². The van der Waals surface area contributed by atoms with Crippen LogP contribution in [0.1, 0.15) is 16.7 Å². The lowest BCUT2D eigenvalue weighted by Crippen LogP contribution is -2.51. The van der Waals surface area contributed by atoms with Gasteiger partial charge in [-0.15, -0.1) is 0 Å². The molecule has 0 saturated carbocycles. The molecule has 0 heterocycles. The van der Waals surface area contributed by atoms with Crippen LogP contribution in [0, 0.1) is 13.0 Å². The molecule has 131 valence electrons. The minimum atomic E-state index is -6.30. The van der Waals surface area contributed by atoms with Crippen LogP contribution < -0.4 is 0 Å². The van der Waals surface area contributed by atoms with Crippen LogP contribution >= 0.6 is 46.4 Å². The molecular weight excluding hydrogens is 419 g/mol. The minimum absolute atomic E-state index is 0.242. The summed E-state index contributed by atoms with van der Waals surface area (Å²) in [5, 5.41) is -0.693. The summed E-state index contributed by atoms with van der Waals surface area (Å²) in [5.74, 6) is 0. The van der Waals surface area contributed by atoms with Crippen LogP contribution in [0.3, 0.4) is 0 Å². The van der Waals surface area contributed by atoms with Gasteiger partial charge in [0.25, 0.3) is 0 Å². The van der Waals surface area contributed by atoms with E-state index in [2.05, 4.69) is 6.07 Å². The van der Waals surface area contributed by atoms with Crippen molar-refractivity contribution in [3.05, 3.63) is 33.8 Å². The average Bonchev–Trinajstić information content (AvgIpc) is 2.26. The van der Waals surface area contributed by atoms with E-state index in [-0.39, 0.29) is 5.56 Å². The van der Waals surface area contributed by atoms with Crippen molar-refractivity contribution in [3.8, 4) is 0 Å². The van der Waals surface area contributed by atoms with E-state index >= 15 is 0 Å². The maximum absolute atomic E-state index is 14.3. The van der Waals surface area contributed by atoms with E-state index in [1.807, 2.05) is 0 Å². The smallest absolute Gasteiger partial charge is 0.218 e. The van der Waals surface area contributed by atoms with Crippen LogP contribution in [0.5, 0.6) is 0 Å².